The van der Waals surface area contributed by atoms with E-state index in [1.807, 2.05) is 31.7 Å². The molecule has 1 saturated heterocycles. The first-order valence-corrected chi connectivity index (χ1v) is 9.08. The van der Waals surface area contributed by atoms with E-state index in [0.29, 0.717) is 5.92 Å². The fourth-order valence-corrected chi connectivity index (χ4v) is 3.19. The van der Waals surface area contributed by atoms with Crippen LogP contribution in [0.15, 0.2) is 18.2 Å². The maximum absolute atomic E-state index is 12.3. The number of ether oxygens (including phenoxy) is 2. The summed E-state index contributed by atoms with van der Waals surface area (Å²) in [6.45, 7) is 11.4. The summed E-state index contributed by atoms with van der Waals surface area (Å²) in [6.07, 6.45) is 1.89. The summed E-state index contributed by atoms with van der Waals surface area (Å²) in [5.41, 5.74) is 1.71. The van der Waals surface area contributed by atoms with E-state index in [1.165, 1.54) is 5.56 Å². The van der Waals surface area contributed by atoms with E-state index in [2.05, 4.69) is 31.3 Å². The second-order valence-corrected chi connectivity index (χ2v) is 7.97. The second kappa shape index (κ2) is 7.98. The molecule has 25 heavy (non-hydrogen) atoms. The Hall–Kier alpha value is -1.91. The van der Waals surface area contributed by atoms with Gasteiger partial charge in [0, 0.05) is 19.1 Å². The molecule has 0 radical (unpaired) electrons. The molecule has 0 spiro atoms. The average Bonchev–Trinajstić information content (AvgIpc) is 2.55. The number of nitrogens with zero attached hydrogens (tertiary/aromatic N) is 1. The number of hydrogen-bond acceptors (Lipinski definition) is 4. The lowest BCUT2D eigenvalue weighted by Gasteiger charge is -2.37. The lowest BCUT2D eigenvalue weighted by molar-refractivity contribution is 0.0159. The van der Waals surface area contributed by atoms with Gasteiger partial charge in [-0.2, -0.15) is 0 Å². The Morgan fingerprint density at radius 1 is 1.36 bits per heavy atom. The van der Waals surface area contributed by atoms with E-state index < -0.39 is 5.60 Å². The Bertz CT molecular complexity index is 595. The normalized spacial score (nSPS) is 19.3. The minimum Gasteiger partial charge on any atom is -0.495 e. The number of nitrogens with one attached hydrogen (secondary N) is 1. The highest BCUT2D eigenvalue weighted by Gasteiger charge is 2.30. The van der Waals surface area contributed by atoms with Crippen molar-refractivity contribution in [3.8, 4) is 5.75 Å². The highest BCUT2D eigenvalue weighted by atomic mass is 16.6. The van der Waals surface area contributed by atoms with Gasteiger partial charge in [0.1, 0.15) is 11.4 Å². The van der Waals surface area contributed by atoms with Crippen molar-refractivity contribution >= 4 is 11.8 Å². The van der Waals surface area contributed by atoms with Gasteiger partial charge in [-0.25, -0.2) is 4.79 Å². The van der Waals surface area contributed by atoms with Crippen molar-refractivity contribution in [2.75, 3.05) is 25.5 Å². The number of hydrogen-bond donors (Lipinski definition) is 1. The monoisotopic (exact) mass is 348 g/mol. The van der Waals surface area contributed by atoms with Crippen molar-refractivity contribution in [3.63, 3.8) is 0 Å². The van der Waals surface area contributed by atoms with Crippen LogP contribution in [0.5, 0.6) is 5.75 Å². The van der Waals surface area contributed by atoms with E-state index in [4.69, 9.17) is 9.47 Å². The number of amides is 1. The molecule has 2 unspecified atom stereocenters. The Balaban J connectivity index is 2.00. The zero-order chi connectivity index (χ0) is 18.6. The first-order chi connectivity index (χ1) is 11.7. The van der Waals surface area contributed by atoms with Crippen molar-refractivity contribution in [2.45, 2.75) is 59.1 Å². The zero-order valence-corrected chi connectivity index (χ0v) is 16.4. The van der Waals surface area contributed by atoms with Gasteiger partial charge in [0.15, 0.2) is 0 Å². The maximum atomic E-state index is 12.3. The van der Waals surface area contributed by atoms with Gasteiger partial charge in [-0.3, -0.25) is 0 Å². The highest BCUT2D eigenvalue weighted by molar-refractivity contribution is 5.68. The molecule has 1 heterocycles. The van der Waals surface area contributed by atoms with Crippen LogP contribution in [0.1, 0.15) is 46.1 Å². The highest BCUT2D eigenvalue weighted by Crippen LogP contribution is 2.29. The van der Waals surface area contributed by atoms with E-state index in [0.717, 1.165) is 37.4 Å². The van der Waals surface area contributed by atoms with Crippen molar-refractivity contribution in [1.82, 2.24) is 4.90 Å². The third kappa shape index (κ3) is 5.55. The first kappa shape index (κ1) is 19.4. The lowest BCUT2D eigenvalue weighted by atomic mass is 9.91. The molecule has 1 N–H and O–H groups in total. The molecule has 1 aromatic carbocycles. The number of likely N-dealkylation sites (tertiary alicyclic amines) is 1. The molecular weight excluding hydrogens is 316 g/mol. The van der Waals surface area contributed by atoms with Crippen LogP contribution in [0.25, 0.3) is 0 Å². The Morgan fingerprint density at radius 3 is 2.72 bits per heavy atom. The number of methoxy groups -OCH3 is 1. The Labute approximate surface area is 151 Å². The van der Waals surface area contributed by atoms with E-state index >= 15 is 0 Å². The van der Waals surface area contributed by atoms with Crippen molar-refractivity contribution in [2.24, 2.45) is 5.92 Å². The summed E-state index contributed by atoms with van der Waals surface area (Å²) in [7, 11) is 1.69. The number of carbonyl (C=O) groups excluding carboxylic acids is 1. The molecule has 0 aromatic heterocycles. The molecule has 140 valence electrons. The number of aryl methyl sites for hydroxylation is 1. The molecule has 2 rings (SSSR count). The topological polar surface area (TPSA) is 50.8 Å². The van der Waals surface area contributed by atoms with Gasteiger partial charge in [0.25, 0.3) is 0 Å². The summed E-state index contributed by atoms with van der Waals surface area (Å²) >= 11 is 0. The molecule has 2 atom stereocenters. The summed E-state index contributed by atoms with van der Waals surface area (Å²) in [4.78, 5) is 14.2. The van der Waals surface area contributed by atoms with Gasteiger partial charge in [0.05, 0.1) is 12.8 Å². The van der Waals surface area contributed by atoms with E-state index in [9.17, 15) is 4.79 Å². The van der Waals surface area contributed by atoms with Gasteiger partial charge in [0.2, 0.25) is 0 Å². The molecule has 5 heteroatoms. The quantitative estimate of drug-likeness (QED) is 0.873. The van der Waals surface area contributed by atoms with E-state index in [1.54, 1.807) is 7.11 Å². The summed E-state index contributed by atoms with van der Waals surface area (Å²) in [6, 6.07) is 6.40. The molecule has 0 bridgehead atoms. The Morgan fingerprint density at radius 2 is 2.08 bits per heavy atom. The van der Waals surface area contributed by atoms with Crippen LogP contribution < -0.4 is 10.1 Å². The standard InChI is InChI=1S/C20H32N2O3/c1-14-9-10-17(18(12-14)24-6)21-15(2)16-8-7-11-22(13-16)19(23)25-20(3,4)5/h9-10,12,15-16,21H,7-8,11,13H2,1-6H3. The molecule has 0 saturated carbocycles. The molecule has 5 nitrogen and oxygen atoms in total. The smallest absolute Gasteiger partial charge is 0.410 e. The van der Waals surface area contributed by atoms with Crippen molar-refractivity contribution in [1.29, 1.82) is 0 Å². The Kier molecular flexibility index (Phi) is 6.20. The fourth-order valence-electron chi connectivity index (χ4n) is 3.19. The number of piperidine rings is 1. The average molecular weight is 348 g/mol. The summed E-state index contributed by atoms with van der Waals surface area (Å²) in [5, 5.41) is 3.56. The minimum atomic E-state index is -0.455. The number of anilines is 1. The second-order valence-electron chi connectivity index (χ2n) is 7.97. The van der Waals surface area contributed by atoms with Crippen molar-refractivity contribution in [3.05, 3.63) is 23.8 Å². The van der Waals surface area contributed by atoms with Gasteiger partial charge in [-0.05, 0) is 71.1 Å². The van der Waals surface area contributed by atoms with Gasteiger partial charge in [-0.15, -0.1) is 0 Å². The largest absolute Gasteiger partial charge is 0.495 e. The number of rotatable bonds is 4. The molecule has 1 aliphatic rings. The fraction of sp³-hybridized carbons (Fsp3) is 0.650. The van der Waals surface area contributed by atoms with Gasteiger partial charge in [-0.1, -0.05) is 6.07 Å². The van der Waals surface area contributed by atoms with Crippen LogP contribution >= 0.6 is 0 Å². The number of benzene rings is 1. The molecule has 1 aliphatic heterocycles. The van der Waals surface area contributed by atoms with Crippen LogP contribution in [-0.2, 0) is 4.74 Å². The van der Waals surface area contributed by atoms with E-state index in [-0.39, 0.29) is 12.1 Å². The number of carbonyl (C=O) groups is 1. The van der Waals surface area contributed by atoms with Gasteiger partial charge < -0.3 is 19.7 Å². The molecule has 0 aliphatic carbocycles. The molecule has 1 aromatic rings. The molecular formula is C20H32N2O3. The summed E-state index contributed by atoms with van der Waals surface area (Å²) < 4.78 is 11.0. The molecule has 1 amide bonds. The maximum Gasteiger partial charge on any atom is 0.410 e. The van der Waals surface area contributed by atoms with Crippen LogP contribution in [0.4, 0.5) is 10.5 Å². The van der Waals surface area contributed by atoms with Crippen LogP contribution in [0.2, 0.25) is 0 Å². The predicted octanol–water partition coefficient (Wildman–Crippen LogP) is 4.45. The zero-order valence-electron chi connectivity index (χ0n) is 16.4. The van der Waals surface area contributed by atoms with Gasteiger partial charge >= 0.3 is 6.09 Å². The third-order valence-electron chi connectivity index (χ3n) is 4.56. The van der Waals surface area contributed by atoms with Crippen LogP contribution in [0, 0.1) is 12.8 Å². The molecule has 1 fully saturated rings. The van der Waals surface area contributed by atoms with Crippen LogP contribution in [-0.4, -0.2) is 42.8 Å². The minimum absolute atomic E-state index is 0.211. The van der Waals surface area contributed by atoms with Crippen LogP contribution in [0.3, 0.4) is 0 Å². The van der Waals surface area contributed by atoms with Crippen molar-refractivity contribution < 1.29 is 14.3 Å². The SMILES string of the molecule is COc1cc(C)ccc1NC(C)C1CCCN(C(=O)OC(C)(C)C)C1. The summed E-state index contributed by atoms with van der Waals surface area (Å²) in [5.74, 6) is 1.24. The third-order valence-corrected chi connectivity index (χ3v) is 4.56. The first-order valence-electron chi connectivity index (χ1n) is 9.08. The lowest BCUT2D eigenvalue weighted by Crippen LogP contribution is -2.46. The predicted molar refractivity (Wildman–Crippen MR) is 101 cm³/mol.